The SMILES string of the molecule is CCC(CC)C(C)Nc1c(Br)cncc1[N+](=O)[O-]. The number of nitrogens with one attached hydrogen (secondary N) is 1. The molecule has 0 fully saturated rings. The van der Waals surface area contributed by atoms with Crippen molar-refractivity contribution in [2.24, 2.45) is 5.92 Å². The van der Waals surface area contributed by atoms with Crippen LogP contribution >= 0.6 is 15.9 Å². The summed E-state index contributed by atoms with van der Waals surface area (Å²) in [5.41, 5.74) is 0.511. The lowest BCUT2D eigenvalue weighted by molar-refractivity contribution is -0.384. The molecule has 0 aliphatic heterocycles. The van der Waals surface area contributed by atoms with Crippen molar-refractivity contribution < 1.29 is 4.92 Å². The third kappa shape index (κ3) is 3.41. The molecule has 0 amide bonds. The fraction of sp³-hybridized carbons (Fsp3) is 0.583. The Morgan fingerprint density at radius 2 is 2.06 bits per heavy atom. The molecule has 0 aliphatic carbocycles. The van der Waals surface area contributed by atoms with Gasteiger partial charge in [0.15, 0.2) is 0 Å². The molecule has 0 bridgehead atoms. The van der Waals surface area contributed by atoms with E-state index in [2.05, 4.69) is 40.1 Å². The van der Waals surface area contributed by atoms with Crippen LogP contribution in [0.25, 0.3) is 0 Å². The Morgan fingerprint density at radius 1 is 1.44 bits per heavy atom. The Hall–Kier alpha value is -1.17. The smallest absolute Gasteiger partial charge is 0.311 e. The minimum absolute atomic E-state index is 0.00202. The molecule has 0 aliphatic rings. The molecule has 1 unspecified atom stereocenters. The molecular weight excluding hydrogens is 298 g/mol. The molecule has 0 saturated carbocycles. The van der Waals surface area contributed by atoms with E-state index in [0.717, 1.165) is 12.8 Å². The maximum atomic E-state index is 11.0. The van der Waals surface area contributed by atoms with Gasteiger partial charge in [-0.05, 0) is 28.8 Å². The summed E-state index contributed by atoms with van der Waals surface area (Å²) >= 11 is 3.31. The van der Waals surface area contributed by atoms with Crippen LogP contribution in [-0.4, -0.2) is 15.9 Å². The summed E-state index contributed by atoms with van der Waals surface area (Å²) < 4.78 is 0.620. The van der Waals surface area contributed by atoms with Crippen LogP contribution in [0, 0.1) is 16.0 Å². The van der Waals surface area contributed by atoms with E-state index in [1.165, 1.54) is 6.20 Å². The standard InChI is InChI=1S/C12H18BrN3O2/c1-4-9(5-2)8(3)15-12-10(13)6-14-7-11(12)16(17)18/h6-9H,4-5H2,1-3H3,(H,14,15). The minimum atomic E-state index is -0.417. The Balaban J connectivity index is 2.99. The maximum Gasteiger partial charge on any atom is 0.311 e. The predicted molar refractivity (Wildman–Crippen MR) is 75.7 cm³/mol. The van der Waals surface area contributed by atoms with E-state index >= 15 is 0 Å². The predicted octanol–water partition coefficient (Wildman–Crippen LogP) is 3.99. The molecule has 1 heterocycles. The largest absolute Gasteiger partial charge is 0.376 e. The zero-order chi connectivity index (χ0) is 13.7. The normalized spacial score (nSPS) is 12.5. The van der Waals surface area contributed by atoms with Gasteiger partial charge in [0.2, 0.25) is 0 Å². The minimum Gasteiger partial charge on any atom is -0.376 e. The number of nitro groups is 1. The van der Waals surface area contributed by atoms with Gasteiger partial charge in [0.05, 0.1) is 9.40 Å². The summed E-state index contributed by atoms with van der Waals surface area (Å²) in [5, 5.41) is 14.2. The Kier molecular flexibility index (Phi) is 5.53. The first-order valence-corrected chi connectivity index (χ1v) is 6.84. The number of rotatable bonds is 6. The van der Waals surface area contributed by atoms with Crippen LogP contribution in [0.1, 0.15) is 33.6 Å². The number of hydrogen-bond donors (Lipinski definition) is 1. The first kappa shape index (κ1) is 14.9. The van der Waals surface area contributed by atoms with Crippen LogP contribution in [0.3, 0.4) is 0 Å². The molecule has 0 aromatic carbocycles. The number of aromatic nitrogens is 1. The molecule has 1 rings (SSSR count). The molecule has 1 N–H and O–H groups in total. The first-order valence-electron chi connectivity index (χ1n) is 6.05. The lowest BCUT2D eigenvalue weighted by atomic mass is 9.95. The molecule has 18 heavy (non-hydrogen) atoms. The Bertz CT molecular complexity index is 422. The van der Waals surface area contributed by atoms with Crippen molar-refractivity contribution in [3.63, 3.8) is 0 Å². The van der Waals surface area contributed by atoms with Crippen molar-refractivity contribution in [2.75, 3.05) is 5.32 Å². The zero-order valence-corrected chi connectivity index (χ0v) is 12.4. The third-order valence-electron chi connectivity index (χ3n) is 3.20. The maximum absolute atomic E-state index is 11.0. The van der Waals surface area contributed by atoms with Crippen molar-refractivity contribution in [1.82, 2.24) is 4.98 Å². The van der Waals surface area contributed by atoms with Gasteiger partial charge in [-0.1, -0.05) is 26.7 Å². The van der Waals surface area contributed by atoms with Crippen molar-refractivity contribution in [3.05, 3.63) is 27.0 Å². The third-order valence-corrected chi connectivity index (χ3v) is 3.81. The van der Waals surface area contributed by atoms with Crippen molar-refractivity contribution in [1.29, 1.82) is 0 Å². The molecule has 1 atom stereocenters. The zero-order valence-electron chi connectivity index (χ0n) is 10.8. The number of anilines is 1. The van der Waals surface area contributed by atoms with Gasteiger partial charge in [-0.2, -0.15) is 0 Å². The highest BCUT2D eigenvalue weighted by Gasteiger charge is 2.21. The van der Waals surface area contributed by atoms with Crippen molar-refractivity contribution >= 4 is 27.3 Å². The van der Waals surface area contributed by atoms with Crippen molar-refractivity contribution in [3.8, 4) is 0 Å². The van der Waals surface area contributed by atoms with E-state index in [1.54, 1.807) is 6.20 Å². The number of pyridine rings is 1. The van der Waals surface area contributed by atoms with E-state index in [0.29, 0.717) is 16.1 Å². The van der Waals surface area contributed by atoms with Gasteiger partial charge < -0.3 is 5.32 Å². The van der Waals surface area contributed by atoms with Crippen LogP contribution in [0.15, 0.2) is 16.9 Å². The number of halogens is 1. The quantitative estimate of drug-likeness (QED) is 0.636. The molecular formula is C12H18BrN3O2. The average Bonchev–Trinajstić information content (AvgIpc) is 2.33. The molecule has 0 spiro atoms. The average molecular weight is 316 g/mol. The molecule has 100 valence electrons. The van der Waals surface area contributed by atoms with E-state index in [4.69, 9.17) is 0 Å². The highest BCUT2D eigenvalue weighted by Crippen LogP contribution is 2.32. The highest BCUT2D eigenvalue weighted by atomic mass is 79.9. The van der Waals surface area contributed by atoms with Crippen molar-refractivity contribution in [2.45, 2.75) is 39.7 Å². The molecule has 0 radical (unpaired) electrons. The van der Waals surface area contributed by atoms with Gasteiger partial charge in [0.1, 0.15) is 11.9 Å². The van der Waals surface area contributed by atoms with Crippen LogP contribution in [-0.2, 0) is 0 Å². The molecule has 1 aromatic heterocycles. The molecule has 1 aromatic rings. The Morgan fingerprint density at radius 3 is 2.56 bits per heavy atom. The van der Waals surface area contributed by atoms with Crippen LogP contribution in [0.4, 0.5) is 11.4 Å². The van der Waals surface area contributed by atoms with Crippen LogP contribution in [0.2, 0.25) is 0 Å². The summed E-state index contributed by atoms with van der Waals surface area (Å²) in [6.07, 6.45) is 4.92. The van der Waals surface area contributed by atoms with Gasteiger partial charge in [-0.15, -0.1) is 0 Å². The van der Waals surface area contributed by atoms with E-state index < -0.39 is 4.92 Å². The topological polar surface area (TPSA) is 68.1 Å². The lowest BCUT2D eigenvalue weighted by Crippen LogP contribution is -2.25. The monoisotopic (exact) mass is 315 g/mol. The second-order valence-electron chi connectivity index (χ2n) is 4.28. The van der Waals surface area contributed by atoms with E-state index in [-0.39, 0.29) is 11.7 Å². The lowest BCUT2D eigenvalue weighted by Gasteiger charge is -2.23. The van der Waals surface area contributed by atoms with Gasteiger partial charge in [-0.25, -0.2) is 0 Å². The number of hydrogen-bond acceptors (Lipinski definition) is 4. The summed E-state index contributed by atoms with van der Waals surface area (Å²) in [7, 11) is 0. The van der Waals surface area contributed by atoms with Crippen LogP contribution < -0.4 is 5.32 Å². The highest BCUT2D eigenvalue weighted by molar-refractivity contribution is 9.10. The molecule has 0 saturated heterocycles. The molecule has 5 nitrogen and oxygen atoms in total. The first-order chi connectivity index (χ1) is 8.51. The Labute approximate surface area is 115 Å². The van der Waals surface area contributed by atoms with E-state index in [1.807, 2.05) is 6.92 Å². The second-order valence-corrected chi connectivity index (χ2v) is 5.14. The summed E-state index contributed by atoms with van der Waals surface area (Å²) in [6, 6.07) is 0.178. The van der Waals surface area contributed by atoms with Gasteiger partial charge in [-0.3, -0.25) is 15.1 Å². The summed E-state index contributed by atoms with van der Waals surface area (Å²) in [5.74, 6) is 0.490. The van der Waals surface area contributed by atoms with Gasteiger partial charge in [0, 0.05) is 12.2 Å². The fourth-order valence-corrected chi connectivity index (χ4v) is 2.48. The number of nitrogens with zero attached hydrogens (tertiary/aromatic N) is 2. The summed E-state index contributed by atoms with van der Waals surface area (Å²) in [4.78, 5) is 14.4. The fourth-order valence-electron chi connectivity index (χ4n) is 2.05. The van der Waals surface area contributed by atoms with Gasteiger partial charge in [0.25, 0.3) is 0 Å². The van der Waals surface area contributed by atoms with Crippen LogP contribution in [0.5, 0.6) is 0 Å². The van der Waals surface area contributed by atoms with Gasteiger partial charge >= 0.3 is 5.69 Å². The summed E-state index contributed by atoms with van der Waals surface area (Å²) in [6.45, 7) is 6.30. The molecule has 6 heteroatoms. The second kappa shape index (κ2) is 6.68. The van der Waals surface area contributed by atoms with E-state index in [9.17, 15) is 10.1 Å².